The summed E-state index contributed by atoms with van der Waals surface area (Å²) in [5.41, 5.74) is 3.54. The monoisotopic (exact) mass is 378 g/mol. The lowest BCUT2D eigenvalue weighted by molar-refractivity contribution is 0.0938. The molecule has 5 heteroatoms. The molecule has 0 aliphatic rings. The summed E-state index contributed by atoms with van der Waals surface area (Å²) >= 11 is 0. The molecular weight excluding hydrogens is 352 g/mol. The molecule has 0 aliphatic heterocycles. The number of amides is 1. The third-order valence-corrected chi connectivity index (χ3v) is 4.61. The summed E-state index contributed by atoms with van der Waals surface area (Å²) in [5.74, 6) is 1.67. The quantitative estimate of drug-likeness (QED) is 0.621. The minimum Gasteiger partial charge on any atom is -0.488 e. The zero-order chi connectivity index (χ0) is 19.9. The van der Waals surface area contributed by atoms with E-state index in [9.17, 15) is 4.79 Å². The van der Waals surface area contributed by atoms with Gasteiger partial charge in [0.2, 0.25) is 0 Å². The van der Waals surface area contributed by atoms with Crippen LogP contribution in [0.5, 0.6) is 5.75 Å². The van der Waals surface area contributed by atoms with Gasteiger partial charge in [-0.3, -0.25) is 9.78 Å². The second-order valence-corrected chi connectivity index (χ2v) is 7.08. The van der Waals surface area contributed by atoms with Gasteiger partial charge in [-0.1, -0.05) is 6.07 Å². The molecule has 0 saturated heterocycles. The van der Waals surface area contributed by atoms with Gasteiger partial charge in [0.1, 0.15) is 18.1 Å². The summed E-state index contributed by atoms with van der Waals surface area (Å²) < 4.78 is 11.3. The van der Waals surface area contributed by atoms with Crippen molar-refractivity contribution in [2.45, 2.75) is 46.3 Å². The number of hydrogen-bond donors (Lipinski definition) is 1. The van der Waals surface area contributed by atoms with Crippen molar-refractivity contribution in [3.63, 3.8) is 0 Å². The summed E-state index contributed by atoms with van der Waals surface area (Å²) in [6.07, 6.45) is 6.82. The van der Waals surface area contributed by atoms with E-state index in [0.717, 1.165) is 41.0 Å². The van der Waals surface area contributed by atoms with Crippen molar-refractivity contribution in [3.8, 4) is 5.75 Å². The molecule has 1 aromatic carbocycles. The van der Waals surface area contributed by atoms with Gasteiger partial charge in [0.15, 0.2) is 0 Å². The van der Waals surface area contributed by atoms with E-state index in [-0.39, 0.29) is 11.9 Å². The molecule has 146 valence electrons. The van der Waals surface area contributed by atoms with Gasteiger partial charge < -0.3 is 14.5 Å². The molecular formula is C23H26N2O3. The van der Waals surface area contributed by atoms with Gasteiger partial charge in [-0.15, -0.1) is 0 Å². The van der Waals surface area contributed by atoms with Crippen molar-refractivity contribution in [1.29, 1.82) is 0 Å². The fraction of sp³-hybridized carbons (Fsp3) is 0.304. The molecule has 0 fully saturated rings. The summed E-state index contributed by atoms with van der Waals surface area (Å²) in [7, 11) is 0. The van der Waals surface area contributed by atoms with Crippen LogP contribution in [0.2, 0.25) is 0 Å². The maximum absolute atomic E-state index is 12.6. The van der Waals surface area contributed by atoms with Crippen LogP contribution in [0.1, 0.15) is 46.2 Å². The Hall–Kier alpha value is -3.08. The third-order valence-electron chi connectivity index (χ3n) is 4.61. The highest BCUT2D eigenvalue weighted by atomic mass is 16.5. The number of rotatable bonds is 8. The van der Waals surface area contributed by atoms with Crippen LogP contribution in [0.4, 0.5) is 0 Å². The summed E-state index contributed by atoms with van der Waals surface area (Å²) in [6.45, 7) is 6.38. The van der Waals surface area contributed by atoms with E-state index < -0.39 is 0 Å². The topological polar surface area (TPSA) is 64.4 Å². The third kappa shape index (κ3) is 5.22. The zero-order valence-corrected chi connectivity index (χ0v) is 16.6. The number of aryl methyl sites for hydroxylation is 3. The number of aromatic nitrogens is 1. The number of nitrogens with one attached hydrogen (secondary N) is 1. The van der Waals surface area contributed by atoms with Crippen LogP contribution in [0.3, 0.4) is 0 Å². The number of carbonyl (C=O) groups excluding carboxylic acids is 1. The highest BCUT2D eigenvalue weighted by Crippen LogP contribution is 2.26. The van der Waals surface area contributed by atoms with E-state index in [4.69, 9.17) is 9.15 Å². The first-order valence-electron chi connectivity index (χ1n) is 9.49. The highest BCUT2D eigenvalue weighted by Gasteiger charge is 2.14. The smallest absolute Gasteiger partial charge is 0.251 e. The molecule has 0 aliphatic carbocycles. The number of furan rings is 1. The van der Waals surface area contributed by atoms with Crippen LogP contribution in [-0.2, 0) is 13.0 Å². The van der Waals surface area contributed by atoms with Gasteiger partial charge in [-0.2, -0.15) is 0 Å². The first-order valence-corrected chi connectivity index (χ1v) is 9.49. The van der Waals surface area contributed by atoms with E-state index in [1.165, 1.54) is 0 Å². The molecule has 0 bridgehead atoms. The molecule has 2 heterocycles. The Balaban J connectivity index is 1.59. The van der Waals surface area contributed by atoms with E-state index in [1.807, 2.05) is 57.2 Å². The van der Waals surface area contributed by atoms with Gasteiger partial charge in [0.05, 0.1) is 6.26 Å². The summed E-state index contributed by atoms with van der Waals surface area (Å²) in [6, 6.07) is 11.5. The number of pyridine rings is 1. The fourth-order valence-corrected chi connectivity index (χ4v) is 3.14. The molecule has 1 amide bonds. The Morgan fingerprint density at radius 1 is 1.21 bits per heavy atom. The van der Waals surface area contributed by atoms with Gasteiger partial charge in [-0.25, -0.2) is 0 Å². The average molecular weight is 378 g/mol. The van der Waals surface area contributed by atoms with Crippen LogP contribution in [-0.4, -0.2) is 16.9 Å². The molecule has 5 nitrogen and oxygen atoms in total. The second-order valence-electron chi connectivity index (χ2n) is 7.08. The summed E-state index contributed by atoms with van der Waals surface area (Å²) in [5, 5.41) is 3.06. The van der Waals surface area contributed by atoms with E-state index in [2.05, 4.69) is 10.3 Å². The van der Waals surface area contributed by atoms with E-state index in [0.29, 0.717) is 12.2 Å². The maximum Gasteiger partial charge on any atom is 0.251 e. The molecule has 2 aromatic heterocycles. The van der Waals surface area contributed by atoms with Crippen molar-refractivity contribution >= 4 is 5.91 Å². The Labute approximate surface area is 165 Å². The van der Waals surface area contributed by atoms with Crippen molar-refractivity contribution in [2.75, 3.05) is 0 Å². The summed E-state index contributed by atoms with van der Waals surface area (Å²) in [4.78, 5) is 16.7. The molecule has 3 rings (SSSR count). The van der Waals surface area contributed by atoms with Gasteiger partial charge in [-0.05, 0) is 68.7 Å². The number of hydrogen-bond acceptors (Lipinski definition) is 4. The SMILES string of the molecule is Cc1cc(C(=O)NC(C)CCc2ccco2)cc(C)c1OCc1cccnc1. The maximum atomic E-state index is 12.6. The van der Waals surface area contributed by atoms with Crippen LogP contribution in [0, 0.1) is 13.8 Å². The number of benzene rings is 1. The van der Waals surface area contributed by atoms with Crippen LogP contribution in [0.15, 0.2) is 59.5 Å². The Kier molecular flexibility index (Phi) is 6.48. The van der Waals surface area contributed by atoms with Gasteiger partial charge >= 0.3 is 0 Å². The number of ether oxygens (including phenoxy) is 1. The van der Waals surface area contributed by atoms with Gasteiger partial charge in [0, 0.05) is 36.0 Å². The first kappa shape index (κ1) is 19.7. The molecule has 0 spiro atoms. The molecule has 3 aromatic rings. The standard InChI is InChI=1S/C23H26N2O3/c1-16-12-20(23(26)25-18(3)8-9-21-7-5-11-27-21)13-17(2)22(16)28-15-19-6-4-10-24-14-19/h4-7,10-14,18H,8-9,15H2,1-3H3,(H,25,26). The highest BCUT2D eigenvalue weighted by molar-refractivity contribution is 5.95. The van der Waals surface area contributed by atoms with E-state index in [1.54, 1.807) is 18.7 Å². The number of carbonyl (C=O) groups is 1. The van der Waals surface area contributed by atoms with Crippen molar-refractivity contribution in [1.82, 2.24) is 10.3 Å². The Morgan fingerprint density at radius 2 is 2.00 bits per heavy atom. The molecule has 1 atom stereocenters. The largest absolute Gasteiger partial charge is 0.488 e. The molecule has 1 unspecified atom stereocenters. The molecule has 0 saturated carbocycles. The van der Waals surface area contributed by atoms with Crippen LogP contribution >= 0.6 is 0 Å². The Morgan fingerprint density at radius 3 is 2.64 bits per heavy atom. The lowest BCUT2D eigenvalue weighted by atomic mass is 10.0. The minimum absolute atomic E-state index is 0.0553. The zero-order valence-electron chi connectivity index (χ0n) is 16.6. The fourth-order valence-electron chi connectivity index (χ4n) is 3.14. The lowest BCUT2D eigenvalue weighted by Gasteiger charge is -2.16. The average Bonchev–Trinajstić information content (AvgIpc) is 3.20. The van der Waals surface area contributed by atoms with E-state index >= 15 is 0 Å². The predicted octanol–water partition coefficient (Wildman–Crippen LogP) is 4.62. The minimum atomic E-state index is -0.0723. The van der Waals surface area contributed by atoms with Crippen molar-refractivity contribution in [3.05, 3.63) is 83.1 Å². The van der Waals surface area contributed by atoms with Crippen molar-refractivity contribution in [2.24, 2.45) is 0 Å². The molecule has 1 N–H and O–H groups in total. The predicted molar refractivity (Wildman–Crippen MR) is 108 cm³/mol. The molecule has 28 heavy (non-hydrogen) atoms. The Bertz CT molecular complexity index is 882. The van der Waals surface area contributed by atoms with Crippen LogP contribution in [0.25, 0.3) is 0 Å². The lowest BCUT2D eigenvalue weighted by Crippen LogP contribution is -2.33. The van der Waals surface area contributed by atoms with Crippen LogP contribution < -0.4 is 10.1 Å². The number of nitrogens with zero attached hydrogens (tertiary/aromatic N) is 1. The van der Waals surface area contributed by atoms with Crippen molar-refractivity contribution < 1.29 is 13.9 Å². The second kappa shape index (κ2) is 9.22. The normalized spacial score (nSPS) is 11.8. The van der Waals surface area contributed by atoms with Gasteiger partial charge in [0.25, 0.3) is 5.91 Å². The first-order chi connectivity index (χ1) is 13.5. The molecule has 0 radical (unpaired) electrons.